The van der Waals surface area contributed by atoms with Gasteiger partial charge in [-0.15, -0.1) is 5.10 Å². The van der Waals surface area contributed by atoms with Crippen LogP contribution in [0.4, 0.5) is 0 Å². The van der Waals surface area contributed by atoms with Gasteiger partial charge in [0, 0.05) is 12.8 Å². The molecular weight excluding hydrogens is 426 g/mol. The summed E-state index contributed by atoms with van der Waals surface area (Å²) in [6, 6.07) is 19.1. The van der Waals surface area contributed by atoms with Crippen molar-refractivity contribution < 1.29 is 0 Å². The predicted molar refractivity (Wildman–Crippen MR) is 116 cm³/mol. The van der Waals surface area contributed by atoms with E-state index in [-0.39, 0.29) is 5.56 Å². The lowest BCUT2D eigenvalue weighted by atomic mass is 10.2. The van der Waals surface area contributed by atoms with Crippen LogP contribution in [0.25, 0.3) is 5.69 Å². The van der Waals surface area contributed by atoms with Gasteiger partial charge in [-0.1, -0.05) is 60.3 Å². The summed E-state index contributed by atoms with van der Waals surface area (Å²) in [7, 11) is 1.84. The first-order valence-electron chi connectivity index (χ1n) is 8.14. The standard InChI is InChI=1S/C19H18BrN5OS/c1-24-16(17(20)18(26)25(24)15-10-6-3-7-11-15)13-27-19(21)23-22-12-14-8-4-2-5-9-14/h2-12H,13H2,1H3,(H2,21,23)/b22-12+. The predicted octanol–water partition coefficient (Wildman–Crippen LogP) is 3.52. The molecule has 0 saturated heterocycles. The number of rotatable bonds is 5. The monoisotopic (exact) mass is 443 g/mol. The fourth-order valence-corrected chi connectivity index (χ4v) is 3.97. The van der Waals surface area contributed by atoms with E-state index in [1.165, 1.54) is 11.8 Å². The van der Waals surface area contributed by atoms with Crippen LogP contribution in [0.2, 0.25) is 0 Å². The molecule has 6 nitrogen and oxygen atoms in total. The lowest BCUT2D eigenvalue weighted by Gasteiger charge is -2.09. The zero-order valence-corrected chi connectivity index (χ0v) is 17.0. The van der Waals surface area contributed by atoms with Gasteiger partial charge in [0.25, 0.3) is 5.56 Å². The van der Waals surface area contributed by atoms with Crippen molar-refractivity contribution >= 4 is 39.1 Å². The third kappa shape index (κ3) is 4.58. The second-order valence-corrected chi connectivity index (χ2v) is 7.41. The second-order valence-electron chi connectivity index (χ2n) is 5.62. The molecule has 3 aromatic rings. The van der Waals surface area contributed by atoms with Gasteiger partial charge in [-0.05, 0) is 33.6 Å². The van der Waals surface area contributed by atoms with Gasteiger partial charge in [0.15, 0.2) is 5.17 Å². The van der Waals surface area contributed by atoms with E-state index in [0.29, 0.717) is 15.4 Å². The average molecular weight is 444 g/mol. The van der Waals surface area contributed by atoms with Crippen LogP contribution in [-0.2, 0) is 12.8 Å². The molecule has 3 rings (SSSR count). The van der Waals surface area contributed by atoms with Gasteiger partial charge in [0.2, 0.25) is 0 Å². The number of aromatic nitrogens is 2. The minimum absolute atomic E-state index is 0.114. The lowest BCUT2D eigenvalue weighted by Crippen LogP contribution is -2.19. The zero-order valence-electron chi connectivity index (χ0n) is 14.6. The van der Waals surface area contributed by atoms with Crippen molar-refractivity contribution in [2.45, 2.75) is 5.75 Å². The van der Waals surface area contributed by atoms with Crippen LogP contribution in [-0.4, -0.2) is 20.7 Å². The highest BCUT2D eigenvalue weighted by Gasteiger charge is 2.17. The van der Waals surface area contributed by atoms with Gasteiger partial charge in [0.05, 0.1) is 17.6 Å². The largest absolute Gasteiger partial charge is 0.377 e. The molecule has 0 fully saturated rings. The molecule has 0 aliphatic heterocycles. The SMILES string of the molecule is Cn1c(CSC(N)=N/N=C/c2ccccc2)c(Br)c(=O)n1-c1ccccc1. The van der Waals surface area contributed by atoms with E-state index >= 15 is 0 Å². The van der Waals surface area contributed by atoms with Gasteiger partial charge in [-0.2, -0.15) is 5.10 Å². The molecule has 2 aromatic carbocycles. The molecule has 1 heterocycles. The highest BCUT2D eigenvalue weighted by atomic mass is 79.9. The number of para-hydroxylation sites is 1. The van der Waals surface area contributed by atoms with Crippen LogP contribution < -0.4 is 11.3 Å². The molecule has 0 aliphatic rings. The molecule has 0 saturated carbocycles. The number of nitrogens with two attached hydrogens (primary N) is 1. The van der Waals surface area contributed by atoms with Crippen molar-refractivity contribution in [3.63, 3.8) is 0 Å². The van der Waals surface area contributed by atoms with Crippen LogP contribution in [0.5, 0.6) is 0 Å². The second kappa shape index (κ2) is 8.88. The fourth-order valence-electron chi connectivity index (χ4n) is 2.49. The Hall–Kier alpha value is -2.58. The number of halogens is 1. The van der Waals surface area contributed by atoms with E-state index in [1.807, 2.05) is 72.4 Å². The number of thioether (sulfide) groups is 1. The zero-order chi connectivity index (χ0) is 19.2. The van der Waals surface area contributed by atoms with Crippen LogP contribution in [0.1, 0.15) is 11.3 Å². The third-order valence-electron chi connectivity index (χ3n) is 3.84. The fraction of sp³-hybridized carbons (Fsp3) is 0.105. The smallest absolute Gasteiger partial charge is 0.286 e. The van der Waals surface area contributed by atoms with Gasteiger partial charge < -0.3 is 5.73 Å². The summed E-state index contributed by atoms with van der Waals surface area (Å²) in [6.45, 7) is 0. The molecule has 0 aliphatic carbocycles. The summed E-state index contributed by atoms with van der Waals surface area (Å²) in [5.74, 6) is 0.488. The minimum Gasteiger partial charge on any atom is -0.377 e. The maximum absolute atomic E-state index is 12.6. The van der Waals surface area contributed by atoms with Gasteiger partial charge >= 0.3 is 0 Å². The Morgan fingerprint density at radius 3 is 2.44 bits per heavy atom. The maximum Gasteiger partial charge on any atom is 0.286 e. The van der Waals surface area contributed by atoms with Crippen LogP contribution in [0.15, 0.2) is 80.1 Å². The number of amidine groups is 1. The van der Waals surface area contributed by atoms with Crippen molar-refractivity contribution in [2.75, 3.05) is 0 Å². The van der Waals surface area contributed by atoms with Crippen LogP contribution in [0, 0.1) is 0 Å². The third-order valence-corrected chi connectivity index (χ3v) is 5.44. The van der Waals surface area contributed by atoms with E-state index in [4.69, 9.17) is 5.73 Å². The molecule has 1 aromatic heterocycles. The van der Waals surface area contributed by atoms with Crippen molar-refractivity contribution in [3.05, 3.63) is 86.7 Å². The number of hydrogen-bond acceptors (Lipinski definition) is 4. The quantitative estimate of drug-likeness (QED) is 0.372. The molecule has 27 heavy (non-hydrogen) atoms. The van der Waals surface area contributed by atoms with Crippen molar-refractivity contribution in [3.8, 4) is 5.69 Å². The number of benzene rings is 2. The van der Waals surface area contributed by atoms with Crippen molar-refractivity contribution in [1.29, 1.82) is 0 Å². The van der Waals surface area contributed by atoms with Crippen molar-refractivity contribution in [2.24, 2.45) is 23.0 Å². The van der Waals surface area contributed by atoms with Crippen LogP contribution >= 0.6 is 27.7 Å². The Morgan fingerprint density at radius 2 is 1.78 bits per heavy atom. The lowest BCUT2D eigenvalue weighted by molar-refractivity contribution is 0.628. The summed E-state index contributed by atoms with van der Waals surface area (Å²) in [5, 5.41) is 8.33. The molecule has 0 spiro atoms. The first kappa shape index (κ1) is 19.2. The highest BCUT2D eigenvalue weighted by molar-refractivity contribution is 9.10. The summed E-state index contributed by atoms with van der Waals surface area (Å²) in [5.41, 5.74) is 8.39. The van der Waals surface area contributed by atoms with E-state index in [1.54, 1.807) is 10.9 Å². The van der Waals surface area contributed by atoms with E-state index in [0.717, 1.165) is 16.9 Å². The van der Waals surface area contributed by atoms with E-state index < -0.39 is 0 Å². The summed E-state index contributed by atoms with van der Waals surface area (Å²) in [4.78, 5) is 12.6. The molecular formula is C19H18BrN5OS. The van der Waals surface area contributed by atoms with Crippen LogP contribution in [0.3, 0.4) is 0 Å². The first-order chi connectivity index (χ1) is 13.1. The minimum atomic E-state index is -0.114. The summed E-state index contributed by atoms with van der Waals surface area (Å²) >= 11 is 4.73. The normalized spacial score (nSPS) is 12.0. The Balaban J connectivity index is 1.74. The first-order valence-corrected chi connectivity index (χ1v) is 9.92. The summed E-state index contributed by atoms with van der Waals surface area (Å²) in [6.07, 6.45) is 1.64. The molecule has 138 valence electrons. The molecule has 0 bridgehead atoms. The van der Waals surface area contributed by atoms with Crippen molar-refractivity contribution in [1.82, 2.24) is 9.36 Å². The number of hydrogen-bond donors (Lipinski definition) is 1. The molecule has 8 heteroatoms. The Morgan fingerprint density at radius 1 is 1.15 bits per heavy atom. The maximum atomic E-state index is 12.6. The van der Waals surface area contributed by atoms with E-state index in [9.17, 15) is 4.79 Å². The molecule has 0 atom stereocenters. The molecule has 0 radical (unpaired) electrons. The Bertz CT molecular complexity index is 1030. The average Bonchev–Trinajstić information content (AvgIpc) is 2.90. The number of nitrogens with zero attached hydrogens (tertiary/aromatic N) is 4. The summed E-state index contributed by atoms with van der Waals surface area (Å²) < 4.78 is 3.94. The van der Waals surface area contributed by atoms with E-state index in [2.05, 4.69) is 26.1 Å². The van der Waals surface area contributed by atoms with Gasteiger partial charge in [-0.3, -0.25) is 9.48 Å². The van der Waals surface area contributed by atoms with Gasteiger partial charge in [0.1, 0.15) is 4.47 Å². The topological polar surface area (TPSA) is 77.7 Å². The molecule has 0 amide bonds. The highest BCUT2D eigenvalue weighted by Crippen LogP contribution is 2.21. The van der Waals surface area contributed by atoms with Gasteiger partial charge in [-0.25, -0.2) is 4.68 Å². The Kier molecular flexibility index (Phi) is 6.31. The Labute approximate surface area is 169 Å². The molecule has 2 N–H and O–H groups in total. The molecule has 0 unspecified atom stereocenters.